The highest BCUT2D eigenvalue weighted by Crippen LogP contribution is 2.32. The summed E-state index contributed by atoms with van der Waals surface area (Å²) < 4.78 is 0. The molecule has 0 saturated carbocycles. The number of pyridine rings is 1. The van der Waals surface area contributed by atoms with Crippen LogP contribution in [-0.2, 0) is 12.8 Å². The second kappa shape index (κ2) is 2.71. The van der Waals surface area contributed by atoms with Gasteiger partial charge in [0.25, 0.3) is 0 Å². The summed E-state index contributed by atoms with van der Waals surface area (Å²) in [5.74, 6) is 0. The molecule has 0 aliphatic heterocycles. The van der Waals surface area contributed by atoms with E-state index >= 15 is 0 Å². The number of nitrogens with zero attached hydrogens (tertiary/aromatic N) is 1. The Morgan fingerprint density at radius 2 is 2.14 bits per heavy atom. The first kappa shape index (κ1) is 7.80. The van der Waals surface area contributed by atoms with Crippen molar-refractivity contribution < 1.29 is 0 Å². The fourth-order valence-electron chi connectivity index (χ4n) is 2.22. The van der Waals surface area contributed by atoms with Gasteiger partial charge in [0.15, 0.2) is 0 Å². The van der Waals surface area contributed by atoms with E-state index in [1.807, 2.05) is 12.4 Å². The van der Waals surface area contributed by atoms with Crippen LogP contribution >= 0.6 is 0 Å². The fourth-order valence-corrected chi connectivity index (χ4v) is 2.22. The van der Waals surface area contributed by atoms with Crippen molar-refractivity contribution in [1.82, 2.24) is 9.97 Å². The number of rotatable bonds is 0. The number of hydrogen-bond acceptors (Lipinski definition) is 1. The highest BCUT2D eigenvalue weighted by atomic mass is 14.7. The summed E-state index contributed by atoms with van der Waals surface area (Å²) in [4.78, 5) is 7.59. The van der Waals surface area contributed by atoms with Crippen LogP contribution in [0.1, 0.15) is 16.8 Å². The second-order valence-corrected chi connectivity index (χ2v) is 3.89. The monoisotopic (exact) mass is 184 g/mol. The first-order chi connectivity index (χ1) is 6.84. The zero-order valence-corrected chi connectivity index (χ0v) is 8.17. The lowest BCUT2D eigenvalue weighted by molar-refractivity contribution is 0.931. The summed E-state index contributed by atoms with van der Waals surface area (Å²) in [7, 11) is 0. The first-order valence-corrected chi connectivity index (χ1v) is 4.96. The Morgan fingerprint density at radius 3 is 3.07 bits per heavy atom. The molecule has 0 unspecified atom stereocenters. The average molecular weight is 184 g/mol. The van der Waals surface area contributed by atoms with Gasteiger partial charge in [-0.15, -0.1) is 0 Å². The maximum atomic E-state index is 4.16. The minimum atomic E-state index is 1.12. The third-order valence-electron chi connectivity index (χ3n) is 2.87. The molecule has 2 heterocycles. The molecule has 0 amide bonds. The summed E-state index contributed by atoms with van der Waals surface area (Å²) in [5.41, 5.74) is 6.68. The van der Waals surface area contributed by atoms with Crippen LogP contribution in [0.4, 0.5) is 0 Å². The third kappa shape index (κ3) is 1.00. The average Bonchev–Trinajstić information content (AvgIpc) is 2.59. The Kier molecular flexibility index (Phi) is 1.51. The molecule has 2 heteroatoms. The normalized spacial score (nSPS) is 13.5. The standard InChI is InChI=1S/C12H12N2/c1-8-6-9-2-3-10-7-13-5-4-11(10)12(9)14-8/h4-7,14H,2-3H2,1H3. The van der Waals surface area contributed by atoms with Gasteiger partial charge in [-0.25, -0.2) is 0 Å². The quantitative estimate of drug-likeness (QED) is 0.669. The molecule has 3 rings (SSSR count). The van der Waals surface area contributed by atoms with Crippen molar-refractivity contribution in [3.05, 3.63) is 41.3 Å². The van der Waals surface area contributed by atoms with E-state index in [9.17, 15) is 0 Å². The molecule has 0 fully saturated rings. The number of aryl methyl sites for hydroxylation is 3. The minimum absolute atomic E-state index is 1.12. The van der Waals surface area contributed by atoms with Gasteiger partial charge in [0.05, 0.1) is 0 Å². The molecular weight excluding hydrogens is 172 g/mol. The number of hydrogen-bond donors (Lipinski definition) is 1. The predicted octanol–water partition coefficient (Wildman–Crippen LogP) is 2.48. The van der Waals surface area contributed by atoms with Crippen molar-refractivity contribution in [2.24, 2.45) is 0 Å². The number of H-pyrrole nitrogens is 1. The smallest absolute Gasteiger partial charge is 0.0492 e. The molecule has 1 aliphatic carbocycles. The van der Waals surface area contributed by atoms with E-state index in [0.29, 0.717) is 0 Å². The van der Waals surface area contributed by atoms with Crippen molar-refractivity contribution in [2.75, 3.05) is 0 Å². The van der Waals surface area contributed by atoms with Crippen LogP contribution in [-0.4, -0.2) is 9.97 Å². The lowest BCUT2D eigenvalue weighted by atomic mass is 9.92. The topological polar surface area (TPSA) is 28.7 Å². The van der Waals surface area contributed by atoms with Gasteiger partial charge in [0.1, 0.15) is 0 Å². The number of fused-ring (bicyclic) bond motifs is 3. The van der Waals surface area contributed by atoms with E-state index in [1.54, 1.807) is 0 Å². The van der Waals surface area contributed by atoms with Gasteiger partial charge < -0.3 is 4.98 Å². The van der Waals surface area contributed by atoms with Crippen molar-refractivity contribution in [1.29, 1.82) is 0 Å². The lowest BCUT2D eigenvalue weighted by Crippen LogP contribution is -2.02. The Morgan fingerprint density at radius 1 is 1.29 bits per heavy atom. The third-order valence-corrected chi connectivity index (χ3v) is 2.87. The molecule has 14 heavy (non-hydrogen) atoms. The maximum absolute atomic E-state index is 4.16. The molecule has 0 radical (unpaired) electrons. The first-order valence-electron chi connectivity index (χ1n) is 4.96. The number of aromatic nitrogens is 2. The van der Waals surface area contributed by atoms with Crippen LogP contribution in [0.5, 0.6) is 0 Å². The Hall–Kier alpha value is -1.57. The molecule has 0 spiro atoms. The molecular formula is C12H12N2. The lowest BCUT2D eigenvalue weighted by Gasteiger charge is -2.14. The van der Waals surface area contributed by atoms with Crippen molar-refractivity contribution in [2.45, 2.75) is 19.8 Å². The summed E-state index contributed by atoms with van der Waals surface area (Å²) >= 11 is 0. The SMILES string of the molecule is Cc1cc2c([nH]1)-c1ccncc1CC2. The molecule has 1 N–H and O–H groups in total. The van der Waals surface area contributed by atoms with Gasteiger partial charge in [-0.2, -0.15) is 0 Å². The van der Waals surface area contributed by atoms with Crippen LogP contribution < -0.4 is 0 Å². The van der Waals surface area contributed by atoms with E-state index in [4.69, 9.17) is 0 Å². The molecule has 0 atom stereocenters. The van der Waals surface area contributed by atoms with Crippen LogP contribution in [0.3, 0.4) is 0 Å². The number of aromatic amines is 1. The Bertz CT molecular complexity index is 483. The van der Waals surface area contributed by atoms with Gasteiger partial charge in [-0.1, -0.05) is 0 Å². The largest absolute Gasteiger partial charge is 0.358 e. The molecule has 1 aliphatic rings. The molecule has 0 bridgehead atoms. The molecule has 2 aromatic rings. The predicted molar refractivity (Wildman–Crippen MR) is 56.2 cm³/mol. The summed E-state index contributed by atoms with van der Waals surface area (Å²) in [6, 6.07) is 4.35. The van der Waals surface area contributed by atoms with Crippen molar-refractivity contribution in [3.8, 4) is 11.3 Å². The van der Waals surface area contributed by atoms with Crippen LogP contribution in [0, 0.1) is 6.92 Å². The van der Waals surface area contributed by atoms with Crippen LogP contribution in [0.2, 0.25) is 0 Å². The van der Waals surface area contributed by atoms with Gasteiger partial charge >= 0.3 is 0 Å². The second-order valence-electron chi connectivity index (χ2n) is 3.89. The van der Waals surface area contributed by atoms with E-state index in [0.717, 1.165) is 12.8 Å². The highest BCUT2D eigenvalue weighted by Gasteiger charge is 2.17. The molecule has 2 aromatic heterocycles. The van der Waals surface area contributed by atoms with Gasteiger partial charge in [0, 0.05) is 29.3 Å². The molecule has 0 aromatic carbocycles. The van der Waals surface area contributed by atoms with Crippen LogP contribution in [0.15, 0.2) is 24.5 Å². The Balaban J connectivity index is 2.28. The fraction of sp³-hybridized carbons (Fsp3) is 0.250. The summed E-state index contributed by atoms with van der Waals surface area (Å²) in [6.45, 7) is 2.11. The minimum Gasteiger partial charge on any atom is -0.358 e. The van der Waals surface area contributed by atoms with Gasteiger partial charge in [-0.3, -0.25) is 4.98 Å². The zero-order chi connectivity index (χ0) is 9.54. The molecule has 0 saturated heterocycles. The van der Waals surface area contributed by atoms with E-state index in [1.165, 1.54) is 28.1 Å². The van der Waals surface area contributed by atoms with E-state index < -0.39 is 0 Å². The Labute approximate surface area is 83.0 Å². The summed E-state index contributed by atoms with van der Waals surface area (Å²) in [5, 5.41) is 0. The van der Waals surface area contributed by atoms with Gasteiger partial charge in [-0.05, 0) is 43.0 Å². The van der Waals surface area contributed by atoms with E-state index in [-0.39, 0.29) is 0 Å². The van der Waals surface area contributed by atoms with E-state index in [2.05, 4.69) is 29.0 Å². The molecule has 2 nitrogen and oxygen atoms in total. The zero-order valence-electron chi connectivity index (χ0n) is 8.17. The summed E-state index contributed by atoms with van der Waals surface area (Å²) in [6.07, 6.45) is 6.10. The highest BCUT2D eigenvalue weighted by molar-refractivity contribution is 5.69. The van der Waals surface area contributed by atoms with Crippen molar-refractivity contribution >= 4 is 0 Å². The van der Waals surface area contributed by atoms with Crippen molar-refractivity contribution in [3.63, 3.8) is 0 Å². The van der Waals surface area contributed by atoms with Crippen LogP contribution in [0.25, 0.3) is 11.3 Å². The molecule has 70 valence electrons. The number of nitrogens with one attached hydrogen (secondary N) is 1. The van der Waals surface area contributed by atoms with Gasteiger partial charge in [0.2, 0.25) is 0 Å². The maximum Gasteiger partial charge on any atom is 0.0492 e.